The van der Waals surface area contributed by atoms with Gasteiger partial charge >= 0.3 is 0 Å². The van der Waals surface area contributed by atoms with Gasteiger partial charge in [0.15, 0.2) is 0 Å². The molecule has 0 atom stereocenters. The Kier molecular flexibility index (Phi) is 3.94. The van der Waals surface area contributed by atoms with Gasteiger partial charge in [-0.05, 0) is 62.5 Å². The topological polar surface area (TPSA) is 12.4 Å². The smallest absolute Gasteiger partial charge is 0.103 e. The van der Waals surface area contributed by atoms with Gasteiger partial charge in [-0.1, -0.05) is 86.6 Å². The van der Waals surface area contributed by atoms with Gasteiger partial charge in [-0.2, -0.15) is 0 Å². The molecular weight excluding hydrogens is 374 g/mol. The average Bonchev–Trinajstić information content (AvgIpc) is 2.92. The van der Waals surface area contributed by atoms with E-state index in [1.807, 2.05) is 13.0 Å². The Balaban J connectivity index is 1.99. The van der Waals surface area contributed by atoms with Crippen LogP contribution in [-0.4, -0.2) is 5.17 Å². The first kappa shape index (κ1) is 18.1. The van der Waals surface area contributed by atoms with Crippen molar-refractivity contribution in [3.05, 3.63) is 90.1 Å². The minimum atomic E-state index is -0.240. The molecule has 29 heavy (non-hydrogen) atoms. The highest BCUT2D eigenvalue weighted by molar-refractivity contribution is 6.64. The van der Waals surface area contributed by atoms with Crippen molar-refractivity contribution in [2.24, 2.45) is 4.99 Å². The molecule has 0 amide bonds. The van der Waals surface area contributed by atoms with Gasteiger partial charge < -0.3 is 0 Å². The molecule has 0 fully saturated rings. The van der Waals surface area contributed by atoms with Gasteiger partial charge in [0.25, 0.3) is 0 Å². The van der Waals surface area contributed by atoms with Crippen molar-refractivity contribution < 1.29 is 0 Å². The number of hydrogen-bond acceptors (Lipinski definition) is 1. The van der Waals surface area contributed by atoms with Crippen molar-refractivity contribution in [3.63, 3.8) is 0 Å². The van der Waals surface area contributed by atoms with Crippen LogP contribution < -0.4 is 0 Å². The van der Waals surface area contributed by atoms with Crippen molar-refractivity contribution in [1.29, 1.82) is 0 Å². The van der Waals surface area contributed by atoms with E-state index < -0.39 is 0 Å². The van der Waals surface area contributed by atoms with Gasteiger partial charge in [-0.3, -0.25) is 0 Å². The van der Waals surface area contributed by atoms with E-state index in [2.05, 4.69) is 81.1 Å². The fourth-order valence-corrected chi connectivity index (χ4v) is 4.93. The summed E-state index contributed by atoms with van der Waals surface area (Å²) < 4.78 is 0. The predicted octanol–water partition coefficient (Wildman–Crippen LogP) is 7.99. The summed E-state index contributed by atoms with van der Waals surface area (Å²) in [5.41, 5.74) is 4.30. The Bertz CT molecular complexity index is 1400. The molecule has 0 aromatic heterocycles. The van der Waals surface area contributed by atoms with Crippen LogP contribution in [0.3, 0.4) is 0 Å². The molecule has 5 rings (SSSR count). The number of rotatable bonds is 2. The molecule has 1 aliphatic rings. The van der Waals surface area contributed by atoms with Crippen molar-refractivity contribution in [2.75, 3.05) is 0 Å². The molecule has 1 nitrogen and oxygen atoms in total. The van der Waals surface area contributed by atoms with E-state index in [1.54, 1.807) is 0 Å². The van der Waals surface area contributed by atoms with Gasteiger partial charge in [0.05, 0.1) is 5.70 Å². The normalized spacial score (nSPS) is 16.1. The van der Waals surface area contributed by atoms with Crippen LogP contribution in [0.2, 0.25) is 0 Å². The Labute approximate surface area is 176 Å². The minimum Gasteiger partial charge on any atom is -0.244 e. The zero-order valence-electron chi connectivity index (χ0n) is 16.9. The van der Waals surface area contributed by atoms with Gasteiger partial charge in [0.1, 0.15) is 5.17 Å². The van der Waals surface area contributed by atoms with E-state index in [-0.39, 0.29) is 5.41 Å². The zero-order chi connectivity index (χ0) is 20.3. The van der Waals surface area contributed by atoms with Crippen LogP contribution in [0.4, 0.5) is 0 Å². The molecule has 0 N–H and O–H groups in total. The first-order chi connectivity index (χ1) is 13.9. The first-order valence-corrected chi connectivity index (χ1v) is 10.3. The Morgan fingerprint density at radius 3 is 1.83 bits per heavy atom. The number of benzene rings is 4. The van der Waals surface area contributed by atoms with Crippen molar-refractivity contribution >= 4 is 54.7 Å². The Hall–Kier alpha value is -2.90. The van der Waals surface area contributed by atoms with E-state index in [0.717, 1.165) is 11.3 Å². The summed E-state index contributed by atoms with van der Waals surface area (Å²) in [5.74, 6) is 0. The molecule has 0 heterocycles. The Morgan fingerprint density at radius 1 is 0.862 bits per heavy atom. The van der Waals surface area contributed by atoms with Gasteiger partial charge in [-0.15, -0.1) is 0 Å². The highest BCUT2D eigenvalue weighted by Gasteiger charge is 2.37. The maximum absolute atomic E-state index is 6.19. The number of allylic oxidation sites excluding steroid dienone is 3. The lowest BCUT2D eigenvalue weighted by Gasteiger charge is -2.23. The van der Waals surface area contributed by atoms with Crippen LogP contribution in [0.25, 0.3) is 37.9 Å². The summed E-state index contributed by atoms with van der Waals surface area (Å²) in [6, 6.07) is 22.0. The molecule has 2 heteroatoms. The summed E-state index contributed by atoms with van der Waals surface area (Å²) in [7, 11) is 0. The van der Waals surface area contributed by atoms with Crippen LogP contribution in [-0.2, 0) is 5.41 Å². The fraction of sp³-hybridized carbons (Fsp3) is 0.148. The van der Waals surface area contributed by atoms with E-state index >= 15 is 0 Å². The lowest BCUT2D eigenvalue weighted by molar-refractivity contribution is 0.633. The molecule has 0 spiro atoms. The zero-order valence-corrected chi connectivity index (χ0v) is 17.6. The van der Waals surface area contributed by atoms with Crippen molar-refractivity contribution in [1.82, 2.24) is 0 Å². The molecule has 0 unspecified atom stereocenters. The Morgan fingerprint density at radius 2 is 1.34 bits per heavy atom. The molecule has 4 aromatic rings. The summed E-state index contributed by atoms with van der Waals surface area (Å²) in [6.45, 7) is 10.3. The molecular formula is C27H22ClN. The third-order valence-electron chi connectivity index (χ3n) is 6.16. The maximum atomic E-state index is 6.19. The maximum Gasteiger partial charge on any atom is 0.103 e. The monoisotopic (exact) mass is 395 g/mol. The second kappa shape index (κ2) is 6.30. The first-order valence-electron chi connectivity index (χ1n) is 9.89. The molecule has 4 aromatic carbocycles. The van der Waals surface area contributed by atoms with Crippen molar-refractivity contribution in [3.8, 4) is 0 Å². The highest BCUT2D eigenvalue weighted by Crippen LogP contribution is 2.50. The third-order valence-corrected chi connectivity index (χ3v) is 6.25. The number of nitrogens with zero attached hydrogens (tertiary/aromatic N) is 1. The standard InChI is InChI=1S/C27H22ClN/c1-5-17-24-14-22-20-12-8-6-10-18(20)19-11-7-9-13-21(19)23(22)15-25(24)27(3,4)26(17)29-16(2)28/h5-15H,1H2,2-4H3/b29-16+. The SMILES string of the molecule is C=CC1=C(/N=C(\C)Cl)C(C)(C)c2cc3c4ccccc4c4ccccc4c3cc21. The lowest BCUT2D eigenvalue weighted by atomic mass is 9.82. The summed E-state index contributed by atoms with van der Waals surface area (Å²) >= 11 is 6.19. The molecule has 0 aliphatic heterocycles. The van der Waals surface area contributed by atoms with Gasteiger partial charge in [0.2, 0.25) is 0 Å². The van der Waals surface area contributed by atoms with Crippen molar-refractivity contribution in [2.45, 2.75) is 26.2 Å². The number of aliphatic imine (C=N–C) groups is 1. The molecule has 0 saturated heterocycles. The van der Waals surface area contributed by atoms with Crippen LogP contribution in [0.1, 0.15) is 31.9 Å². The van der Waals surface area contributed by atoms with Crippen LogP contribution in [0.5, 0.6) is 0 Å². The average molecular weight is 396 g/mol. The number of halogens is 1. The van der Waals surface area contributed by atoms with Crippen LogP contribution >= 0.6 is 11.6 Å². The van der Waals surface area contributed by atoms with Gasteiger partial charge in [0, 0.05) is 11.0 Å². The van der Waals surface area contributed by atoms with E-state index in [4.69, 9.17) is 16.6 Å². The van der Waals surface area contributed by atoms with E-state index in [0.29, 0.717) is 5.17 Å². The summed E-state index contributed by atoms with van der Waals surface area (Å²) in [4.78, 5) is 4.70. The fourth-order valence-electron chi connectivity index (χ4n) is 4.84. The largest absolute Gasteiger partial charge is 0.244 e. The molecule has 1 aliphatic carbocycles. The lowest BCUT2D eigenvalue weighted by Crippen LogP contribution is -2.16. The molecule has 0 bridgehead atoms. The number of hydrogen-bond donors (Lipinski definition) is 0. The summed E-state index contributed by atoms with van der Waals surface area (Å²) in [5, 5.41) is 8.22. The van der Waals surface area contributed by atoms with E-state index in [9.17, 15) is 0 Å². The van der Waals surface area contributed by atoms with Crippen LogP contribution in [0, 0.1) is 0 Å². The second-order valence-electron chi connectivity index (χ2n) is 8.23. The number of fused-ring (bicyclic) bond motifs is 7. The minimum absolute atomic E-state index is 0.240. The highest BCUT2D eigenvalue weighted by atomic mass is 35.5. The predicted molar refractivity (Wildman–Crippen MR) is 128 cm³/mol. The van der Waals surface area contributed by atoms with Crippen LogP contribution in [0.15, 0.2) is 84.0 Å². The van der Waals surface area contributed by atoms with E-state index in [1.165, 1.54) is 43.4 Å². The molecule has 0 radical (unpaired) electrons. The third kappa shape index (κ3) is 2.51. The summed E-state index contributed by atoms with van der Waals surface area (Å²) in [6.07, 6.45) is 1.92. The quantitative estimate of drug-likeness (QED) is 0.241. The second-order valence-corrected chi connectivity index (χ2v) is 8.78. The molecule has 142 valence electrons. The molecule has 0 saturated carbocycles. The van der Waals surface area contributed by atoms with Gasteiger partial charge in [-0.25, -0.2) is 4.99 Å².